The number of hydrogen-bond acceptors (Lipinski definition) is 2. The molecule has 102 valence electrons. The number of halogens is 1. The molecule has 0 aliphatic heterocycles. The van der Waals surface area contributed by atoms with Gasteiger partial charge in [-0.2, -0.15) is 5.10 Å². The van der Waals surface area contributed by atoms with Crippen molar-refractivity contribution in [2.75, 3.05) is 0 Å². The first-order valence-corrected chi connectivity index (χ1v) is 7.87. The largest absolute Gasteiger partial charge is 0.327 e. The molecule has 1 aromatic rings. The van der Waals surface area contributed by atoms with Crippen LogP contribution in [-0.4, -0.2) is 15.8 Å². The van der Waals surface area contributed by atoms with Gasteiger partial charge in [0.1, 0.15) is 0 Å². The molecule has 0 amide bonds. The molecule has 2 unspecified atom stereocenters. The predicted molar refractivity (Wildman–Crippen MR) is 78.5 cm³/mol. The van der Waals surface area contributed by atoms with E-state index < -0.39 is 0 Å². The SMILES string of the molecule is CCc1nn(CC)c(CC(N)C(C)C2CC2)c1Br. The van der Waals surface area contributed by atoms with Gasteiger partial charge in [-0.3, -0.25) is 4.68 Å². The van der Waals surface area contributed by atoms with E-state index >= 15 is 0 Å². The lowest BCUT2D eigenvalue weighted by molar-refractivity contribution is 0.395. The lowest BCUT2D eigenvalue weighted by Gasteiger charge is -2.20. The minimum Gasteiger partial charge on any atom is -0.327 e. The maximum Gasteiger partial charge on any atom is 0.0766 e. The van der Waals surface area contributed by atoms with Crippen molar-refractivity contribution in [2.24, 2.45) is 17.6 Å². The van der Waals surface area contributed by atoms with Gasteiger partial charge in [-0.05, 0) is 54.0 Å². The minimum absolute atomic E-state index is 0.250. The first-order valence-electron chi connectivity index (χ1n) is 7.08. The Balaban J connectivity index is 2.13. The maximum absolute atomic E-state index is 6.37. The highest BCUT2D eigenvalue weighted by atomic mass is 79.9. The van der Waals surface area contributed by atoms with Crippen LogP contribution in [0, 0.1) is 11.8 Å². The van der Waals surface area contributed by atoms with Gasteiger partial charge in [-0.15, -0.1) is 0 Å². The summed E-state index contributed by atoms with van der Waals surface area (Å²) in [5, 5.41) is 4.63. The molecule has 0 spiro atoms. The van der Waals surface area contributed by atoms with Gasteiger partial charge in [0, 0.05) is 19.0 Å². The van der Waals surface area contributed by atoms with Gasteiger partial charge in [0.2, 0.25) is 0 Å². The zero-order chi connectivity index (χ0) is 13.3. The molecular weight excluding hydrogens is 290 g/mol. The van der Waals surface area contributed by atoms with Crippen molar-refractivity contribution in [3.63, 3.8) is 0 Å². The Morgan fingerprint density at radius 1 is 1.44 bits per heavy atom. The Morgan fingerprint density at radius 2 is 2.11 bits per heavy atom. The molecule has 2 rings (SSSR count). The van der Waals surface area contributed by atoms with Crippen molar-refractivity contribution in [3.05, 3.63) is 15.9 Å². The van der Waals surface area contributed by atoms with Gasteiger partial charge < -0.3 is 5.73 Å². The summed E-state index contributed by atoms with van der Waals surface area (Å²) in [6, 6.07) is 0.250. The van der Waals surface area contributed by atoms with Crippen molar-refractivity contribution < 1.29 is 0 Å². The van der Waals surface area contributed by atoms with Gasteiger partial charge in [-0.25, -0.2) is 0 Å². The first-order chi connectivity index (χ1) is 8.58. The van der Waals surface area contributed by atoms with Crippen LogP contribution in [-0.2, 0) is 19.4 Å². The van der Waals surface area contributed by atoms with E-state index in [0.717, 1.165) is 31.0 Å². The molecule has 1 aromatic heterocycles. The number of hydrogen-bond donors (Lipinski definition) is 1. The van der Waals surface area contributed by atoms with Crippen LogP contribution >= 0.6 is 15.9 Å². The molecule has 18 heavy (non-hydrogen) atoms. The van der Waals surface area contributed by atoms with Crippen molar-refractivity contribution >= 4 is 15.9 Å². The summed E-state index contributed by atoms with van der Waals surface area (Å²) in [5.41, 5.74) is 8.80. The molecule has 2 atom stereocenters. The molecule has 1 fully saturated rings. The second kappa shape index (κ2) is 5.74. The van der Waals surface area contributed by atoms with Crippen molar-refractivity contribution in [2.45, 2.75) is 59.0 Å². The fourth-order valence-corrected chi connectivity index (χ4v) is 3.32. The Bertz CT molecular complexity index is 409. The van der Waals surface area contributed by atoms with Crippen LogP contribution in [0.2, 0.25) is 0 Å². The number of aromatic nitrogens is 2. The molecule has 0 bridgehead atoms. The van der Waals surface area contributed by atoms with Crippen molar-refractivity contribution in [1.82, 2.24) is 9.78 Å². The van der Waals surface area contributed by atoms with E-state index in [1.807, 2.05) is 0 Å². The molecular formula is C14H24BrN3. The third-order valence-corrected chi connectivity index (χ3v) is 5.08. The summed E-state index contributed by atoms with van der Waals surface area (Å²) < 4.78 is 3.27. The number of rotatable bonds is 6. The van der Waals surface area contributed by atoms with Crippen LogP contribution in [0.3, 0.4) is 0 Å². The maximum atomic E-state index is 6.37. The van der Waals surface area contributed by atoms with E-state index in [1.54, 1.807) is 0 Å². The average Bonchev–Trinajstić information content (AvgIpc) is 3.16. The van der Waals surface area contributed by atoms with Crippen LogP contribution in [0.4, 0.5) is 0 Å². The summed E-state index contributed by atoms with van der Waals surface area (Å²) in [6.45, 7) is 7.49. The monoisotopic (exact) mass is 313 g/mol. The normalized spacial score (nSPS) is 18.9. The molecule has 4 heteroatoms. The molecule has 0 saturated heterocycles. The van der Waals surface area contributed by atoms with Gasteiger partial charge in [0.25, 0.3) is 0 Å². The van der Waals surface area contributed by atoms with Crippen LogP contribution < -0.4 is 5.73 Å². The quantitative estimate of drug-likeness (QED) is 0.876. The van der Waals surface area contributed by atoms with E-state index in [4.69, 9.17) is 5.73 Å². The van der Waals surface area contributed by atoms with E-state index in [-0.39, 0.29) is 6.04 Å². The third kappa shape index (κ3) is 2.80. The highest BCUT2D eigenvalue weighted by Crippen LogP contribution is 2.38. The standard InChI is InChI=1S/C14H24BrN3/c1-4-12-14(15)13(18(5-2)17-12)8-11(16)9(3)10-6-7-10/h9-11H,4-8,16H2,1-3H3. The topological polar surface area (TPSA) is 43.8 Å². The van der Waals surface area contributed by atoms with Gasteiger partial charge in [0.05, 0.1) is 15.9 Å². The molecule has 1 saturated carbocycles. The third-order valence-electron chi connectivity index (χ3n) is 4.16. The summed E-state index contributed by atoms with van der Waals surface area (Å²) in [6.07, 6.45) is 4.62. The number of nitrogens with two attached hydrogens (primary N) is 1. The van der Waals surface area contributed by atoms with Crippen LogP contribution in [0.5, 0.6) is 0 Å². The highest BCUT2D eigenvalue weighted by molar-refractivity contribution is 9.10. The number of nitrogens with zero attached hydrogens (tertiary/aromatic N) is 2. The summed E-state index contributed by atoms with van der Waals surface area (Å²) in [5.74, 6) is 1.49. The lowest BCUT2D eigenvalue weighted by Crippen LogP contribution is -2.32. The van der Waals surface area contributed by atoms with Gasteiger partial charge >= 0.3 is 0 Å². The Kier molecular flexibility index (Phi) is 4.49. The molecule has 2 N–H and O–H groups in total. The fraction of sp³-hybridized carbons (Fsp3) is 0.786. The average molecular weight is 314 g/mol. The van der Waals surface area contributed by atoms with Crippen molar-refractivity contribution in [1.29, 1.82) is 0 Å². The van der Waals surface area contributed by atoms with E-state index in [1.165, 1.54) is 23.0 Å². The van der Waals surface area contributed by atoms with Crippen LogP contribution in [0.25, 0.3) is 0 Å². The first kappa shape index (κ1) is 14.1. The van der Waals surface area contributed by atoms with Crippen molar-refractivity contribution in [3.8, 4) is 0 Å². The summed E-state index contributed by atoms with van der Waals surface area (Å²) >= 11 is 3.69. The molecule has 3 nitrogen and oxygen atoms in total. The molecule has 0 aromatic carbocycles. The van der Waals surface area contributed by atoms with Crippen LogP contribution in [0.1, 0.15) is 45.0 Å². The van der Waals surface area contributed by atoms with Gasteiger partial charge in [0.15, 0.2) is 0 Å². The van der Waals surface area contributed by atoms with Crippen LogP contribution in [0.15, 0.2) is 4.47 Å². The van der Waals surface area contributed by atoms with E-state index in [0.29, 0.717) is 5.92 Å². The Hall–Kier alpha value is -0.350. The smallest absolute Gasteiger partial charge is 0.0766 e. The zero-order valence-electron chi connectivity index (χ0n) is 11.6. The Labute approximate surface area is 118 Å². The van der Waals surface area contributed by atoms with E-state index in [2.05, 4.69) is 46.5 Å². The molecule has 1 aliphatic rings. The zero-order valence-corrected chi connectivity index (χ0v) is 13.2. The molecule has 1 aliphatic carbocycles. The molecule has 1 heterocycles. The number of aryl methyl sites for hydroxylation is 2. The fourth-order valence-electron chi connectivity index (χ4n) is 2.59. The predicted octanol–water partition coefficient (Wildman–Crippen LogP) is 3.14. The van der Waals surface area contributed by atoms with E-state index in [9.17, 15) is 0 Å². The second-order valence-corrected chi connectivity index (χ2v) is 6.23. The Morgan fingerprint density at radius 3 is 2.61 bits per heavy atom. The lowest BCUT2D eigenvalue weighted by atomic mass is 9.93. The highest BCUT2D eigenvalue weighted by Gasteiger charge is 2.32. The summed E-state index contributed by atoms with van der Waals surface area (Å²) in [4.78, 5) is 0. The minimum atomic E-state index is 0.250. The second-order valence-electron chi connectivity index (χ2n) is 5.44. The summed E-state index contributed by atoms with van der Waals surface area (Å²) in [7, 11) is 0. The molecule has 0 radical (unpaired) electrons. The van der Waals surface area contributed by atoms with Gasteiger partial charge in [-0.1, -0.05) is 13.8 Å².